The molecule has 0 aliphatic carbocycles. The molecule has 0 aromatic carbocycles. The molecule has 0 aliphatic rings. The van der Waals surface area contributed by atoms with Crippen LogP contribution in [0, 0.1) is 0 Å². The van der Waals surface area contributed by atoms with Crippen molar-refractivity contribution in [1.29, 1.82) is 0 Å². The predicted octanol–water partition coefficient (Wildman–Crippen LogP) is 3.41. The number of hydrogen-bond acceptors (Lipinski definition) is 11. The molecule has 11 nitrogen and oxygen atoms in total. The second kappa shape index (κ2) is 13.7. The normalized spacial score (nSPS) is 17.7. The van der Waals surface area contributed by atoms with E-state index < -0.39 is 86.7 Å². The lowest BCUT2D eigenvalue weighted by Crippen LogP contribution is -2.82. The zero-order valence-corrected chi connectivity index (χ0v) is 32.8. The van der Waals surface area contributed by atoms with E-state index in [9.17, 15) is 44.1 Å². The van der Waals surface area contributed by atoms with Gasteiger partial charge in [-0.2, -0.15) is 0 Å². The van der Waals surface area contributed by atoms with Gasteiger partial charge in [-0.3, -0.25) is 28.8 Å². The zero-order chi connectivity index (χ0) is 34.2. The molecule has 0 spiro atoms. The fourth-order valence-electron chi connectivity index (χ4n) is 3.48. The molecule has 0 saturated heterocycles. The summed E-state index contributed by atoms with van der Waals surface area (Å²) in [6.45, 7) is 11.0. The van der Waals surface area contributed by atoms with Crippen molar-refractivity contribution < 1.29 is 53.6 Å². The summed E-state index contributed by atoms with van der Waals surface area (Å²) in [6.07, 6.45) is -5.23. The van der Waals surface area contributed by atoms with E-state index in [1.54, 1.807) is 0 Å². The van der Waals surface area contributed by atoms with Crippen molar-refractivity contribution >= 4 is 115 Å². The van der Waals surface area contributed by atoms with Crippen LogP contribution in [0.5, 0.6) is 0 Å². The van der Waals surface area contributed by atoms with Gasteiger partial charge in [-0.1, -0.05) is 79.6 Å². The van der Waals surface area contributed by atoms with Crippen LogP contribution < -0.4 is 0 Å². The molecule has 0 aromatic heterocycles. The summed E-state index contributed by atoms with van der Waals surface area (Å²) in [7, 11) is 0. The fourth-order valence-corrected chi connectivity index (χ4v) is 4.39. The highest BCUT2D eigenvalue weighted by molar-refractivity contribution is 9.11. The first-order valence-corrected chi connectivity index (χ1v) is 16.3. The predicted molar refractivity (Wildman–Crippen MR) is 172 cm³/mol. The van der Waals surface area contributed by atoms with Crippen LogP contribution in [-0.4, -0.2) is 102 Å². The van der Waals surface area contributed by atoms with Gasteiger partial charge in [0.2, 0.25) is 17.3 Å². The quantitative estimate of drug-likeness (QED) is 0.0949. The third-order valence-corrected chi connectivity index (χ3v) is 7.49. The maximum Gasteiger partial charge on any atom is 0.323 e. The van der Waals surface area contributed by atoms with E-state index in [-0.39, 0.29) is 0 Å². The number of aliphatic hydroxyl groups excluding tert-OH is 3. The summed E-state index contributed by atoms with van der Waals surface area (Å²) in [6, 6.07) is 0. The minimum absolute atomic E-state index is 1.19. The van der Waals surface area contributed by atoms with Gasteiger partial charge in [0.25, 0.3) is 17.0 Å². The number of aliphatic hydroxyl groups is 3. The van der Waals surface area contributed by atoms with Crippen LogP contribution in [0.15, 0.2) is 0 Å². The Morgan fingerprint density at radius 1 is 0.571 bits per heavy atom. The standard InChI is InChI=1S/C26H37Br5O11/c1-20(2,27)14(35)15(36)26(17(38)22(5,6)29,42-19(40)24(9,10)31)25(13(34)12(33)11-32,16(37)21(3,4)28)41-18(39)23(7,8)30/h12-13,32-34H,11H2,1-10H3/t12-,13-,25-,26-/m1/s1. The first-order valence-electron chi connectivity index (χ1n) is 12.3. The van der Waals surface area contributed by atoms with Crippen molar-refractivity contribution in [3.63, 3.8) is 0 Å². The molecule has 0 aliphatic heterocycles. The molecular formula is C26H37Br5O11. The molecule has 42 heavy (non-hydrogen) atoms. The Morgan fingerprint density at radius 3 is 1.21 bits per heavy atom. The number of ketones is 4. The van der Waals surface area contributed by atoms with Crippen LogP contribution in [0.3, 0.4) is 0 Å². The molecule has 242 valence electrons. The molecule has 16 heteroatoms. The summed E-state index contributed by atoms with van der Waals surface area (Å²) in [5.41, 5.74) is -7.48. The number of rotatable bonds is 15. The van der Waals surface area contributed by atoms with E-state index >= 15 is 0 Å². The largest absolute Gasteiger partial charge is 0.442 e. The fraction of sp³-hybridized carbons (Fsp3) is 0.769. The Kier molecular flexibility index (Phi) is 13.7. The summed E-state index contributed by atoms with van der Waals surface area (Å²) in [4.78, 5) is 84.5. The van der Waals surface area contributed by atoms with Gasteiger partial charge in [-0.15, -0.1) is 0 Å². The average molecular weight is 925 g/mol. The highest BCUT2D eigenvalue weighted by atomic mass is 79.9. The Morgan fingerprint density at radius 2 is 0.929 bits per heavy atom. The topological polar surface area (TPSA) is 182 Å². The second-order valence-corrected chi connectivity index (χ2v) is 22.0. The Labute approximate surface area is 287 Å². The van der Waals surface area contributed by atoms with E-state index in [1.165, 1.54) is 69.2 Å². The number of alkyl halides is 5. The minimum Gasteiger partial charge on any atom is -0.442 e. The third kappa shape index (κ3) is 8.79. The molecule has 0 fully saturated rings. The highest BCUT2D eigenvalue weighted by Crippen LogP contribution is 2.48. The van der Waals surface area contributed by atoms with Gasteiger partial charge >= 0.3 is 11.9 Å². The van der Waals surface area contributed by atoms with Gasteiger partial charge in [-0.25, -0.2) is 0 Å². The maximum atomic E-state index is 14.6. The number of esters is 2. The first kappa shape index (κ1) is 41.9. The average Bonchev–Trinajstić information content (AvgIpc) is 2.79. The Hall–Kier alpha value is -0.100. The summed E-state index contributed by atoms with van der Waals surface area (Å²) in [5.74, 6) is -9.07. The van der Waals surface area contributed by atoms with Crippen LogP contribution in [0.4, 0.5) is 0 Å². The van der Waals surface area contributed by atoms with Crippen LogP contribution in [-0.2, 0) is 38.2 Å². The molecule has 0 saturated carbocycles. The summed E-state index contributed by atoms with van der Waals surface area (Å²) < 4.78 is 2.30. The molecular weight excluding hydrogens is 888 g/mol. The third-order valence-electron chi connectivity index (χ3n) is 5.76. The van der Waals surface area contributed by atoms with Crippen LogP contribution in [0.1, 0.15) is 69.2 Å². The van der Waals surface area contributed by atoms with Gasteiger partial charge in [0, 0.05) is 0 Å². The van der Waals surface area contributed by atoms with Crippen molar-refractivity contribution in [2.24, 2.45) is 0 Å². The van der Waals surface area contributed by atoms with E-state index in [0.29, 0.717) is 0 Å². The molecule has 0 amide bonds. The van der Waals surface area contributed by atoms with Crippen molar-refractivity contribution in [3.8, 4) is 0 Å². The smallest absolute Gasteiger partial charge is 0.323 e. The lowest BCUT2D eigenvalue weighted by Gasteiger charge is -2.51. The molecule has 0 bridgehead atoms. The summed E-state index contributed by atoms with van der Waals surface area (Å²) in [5, 5.41) is 32.3. The van der Waals surface area contributed by atoms with Crippen molar-refractivity contribution in [1.82, 2.24) is 0 Å². The van der Waals surface area contributed by atoms with Crippen LogP contribution >= 0.6 is 79.6 Å². The molecule has 0 unspecified atom stereocenters. The van der Waals surface area contributed by atoms with E-state index in [4.69, 9.17) is 9.47 Å². The monoisotopic (exact) mass is 920 g/mol. The summed E-state index contributed by atoms with van der Waals surface area (Å²) >= 11 is 15.4. The zero-order valence-electron chi connectivity index (χ0n) is 24.9. The Balaban J connectivity index is 9.07. The lowest BCUT2D eigenvalue weighted by atomic mass is 9.63. The molecule has 4 atom stereocenters. The first-order chi connectivity index (χ1) is 18.3. The van der Waals surface area contributed by atoms with Gasteiger partial charge in [0.05, 0.1) is 19.6 Å². The second-order valence-electron chi connectivity index (χ2n) is 12.1. The SMILES string of the molecule is CC(C)(Br)C(=O)O[C@](C(=O)C(=O)C(C)(C)Br)(C(=O)C(C)(C)Br)[C@](OC(=O)C(C)(C)Br)(C(=O)C(C)(C)Br)[C@H](O)[C@H](O)CO. The van der Waals surface area contributed by atoms with Crippen LogP contribution in [0.2, 0.25) is 0 Å². The van der Waals surface area contributed by atoms with Gasteiger partial charge in [0.1, 0.15) is 20.9 Å². The van der Waals surface area contributed by atoms with Gasteiger partial charge < -0.3 is 24.8 Å². The molecule has 0 rings (SSSR count). The number of carbonyl (C=O) groups excluding carboxylic acids is 6. The molecule has 0 radical (unpaired) electrons. The Bertz CT molecular complexity index is 1100. The number of carbonyl (C=O) groups is 6. The van der Waals surface area contributed by atoms with E-state index in [1.807, 2.05) is 0 Å². The number of ether oxygens (including phenoxy) is 2. The van der Waals surface area contributed by atoms with E-state index in [0.717, 1.165) is 0 Å². The number of Topliss-reactive ketones (excluding diaryl/α,β-unsaturated/α-hetero) is 4. The van der Waals surface area contributed by atoms with Crippen molar-refractivity contribution in [2.45, 2.75) is 114 Å². The lowest BCUT2D eigenvalue weighted by molar-refractivity contribution is -0.240. The van der Waals surface area contributed by atoms with Crippen molar-refractivity contribution in [2.75, 3.05) is 6.61 Å². The number of hydrogen-bond donors (Lipinski definition) is 3. The minimum atomic E-state index is -3.80. The number of halogens is 5. The molecule has 3 N–H and O–H groups in total. The van der Waals surface area contributed by atoms with Gasteiger partial charge in [0.15, 0.2) is 0 Å². The molecule has 0 heterocycles. The van der Waals surface area contributed by atoms with Crippen molar-refractivity contribution in [3.05, 3.63) is 0 Å². The van der Waals surface area contributed by atoms with E-state index in [2.05, 4.69) is 79.6 Å². The maximum absolute atomic E-state index is 14.6. The molecule has 0 aromatic rings. The van der Waals surface area contributed by atoms with Crippen LogP contribution in [0.25, 0.3) is 0 Å². The van der Waals surface area contributed by atoms with Gasteiger partial charge in [-0.05, 0) is 69.2 Å². The highest BCUT2D eigenvalue weighted by Gasteiger charge is 2.79.